The Morgan fingerprint density at radius 3 is 2.62 bits per heavy atom. The number of hydrogen-bond donors (Lipinski definition) is 1. The summed E-state index contributed by atoms with van der Waals surface area (Å²) in [5.74, 6) is 0.698. The van der Waals surface area contributed by atoms with Crippen molar-refractivity contribution in [2.75, 3.05) is 37.6 Å². The zero-order valence-electron chi connectivity index (χ0n) is 15.2. The number of carbonyl (C=O) groups is 1. The number of carbonyl (C=O) groups excluding carboxylic acids is 1. The van der Waals surface area contributed by atoms with Gasteiger partial charge in [0, 0.05) is 38.4 Å². The lowest BCUT2D eigenvalue weighted by Crippen LogP contribution is -2.41. The van der Waals surface area contributed by atoms with E-state index in [0.717, 1.165) is 45.6 Å². The van der Waals surface area contributed by atoms with Crippen molar-refractivity contribution >= 4 is 11.6 Å². The van der Waals surface area contributed by atoms with Gasteiger partial charge in [0.2, 0.25) is 5.91 Å². The summed E-state index contributed by atoms with van der Waals surface area (Å²) in [6.07, 6.45) is 2.18. The quantitative estimate of drug-likeness (QED) is 0.901. The summed E-state index contributed by atoms with van der Waals surface area (Å²) in [5.41, 5.74) is 4.07. The highest BCUT2D eigenvalue weighted by molar-refractivity contribution is 5.78. The number of amides is 1. The number of fused-ring (bicyclic) bond motifs is 1. The second-order valence-electron chi connectivity index (χ2n) is 7.47. The monoisotopic (exact) mass is 349 g/mol. The van der Waals surface area contributed by atoms with E-state index in [2.05, 4.69) is 69.7 Å². The van der Waals surface area contributed by atoms with E-state index in [0.29, 0.717) is 12.5 Å². The molecule has 4 rings (SSSR count). The first kappa shape index (κ1) is 17.1. The van der Waals surface area contributed by atoms with Crippen molar-refractivity contribution < 1.29 is 4.79 Å². The molecule has 1 unspecified atom stereocenters. The van der Waals surface area contributed by atoms with Crippen LogP contribution in [0.4, 0.5) is 5.69 Å². The molecular weight excluding hydrogens is 322 g/mol. The fourth-order valence-corrected chi connectivity index (χ4v) is 4.08. The Bertz CT molecular complexity index is 746. The smallest absolute Gasteiger partial charge is 0.234 e. The minimum absolute atomic E-state index is 0.155. The molecule has 26 heavy (non-hydrogen) atoms. The summed E-state index contributed by atoms with van der Waals surface area (Å²) < 4.78 is 0. The Labute approximate surface area is 155 Å². The first-order valence-corrected chi connectivity index (χ1v) is 9.64. The molecule has 0 aliphatic carbocycles. The zero-order valence-corrected chi connectivity index (χ0v) is 15.2. The average molecular weight is 349 g/mol. The van der Waals surface area contributed by atoms with Crippen molar-refractivity contribution in [1.29, 1.82) is 0 Å². The number of rotatable bonds is 5. The Morgan fingerprint density at radius 2 is 1.77 bits per heavy atom. The van der Waals surface area contributed by atoms with E-state index in [1.807, 2.05) is 0 Å². The first-order chi connectivity index (χ1) is 12.8. The van der Waals surface area contributed by atoms with Gasteiger partial charge in [-0.15, -0.1) is 0 Å². The van der Waals surface area contributed by atoms with Crippen LogP contribution in [0.25, 0.3) is 0 Å². The van der Waals surface area contributed by atoms with Crippen LogP contribution in [0, 0.1) is 5.92 Å². The third-order valence-corrected chi connectivity index (χ3v) is 5.57. The molecule has 1 saturated heterocycles. The van der Waals surface area contributed by atoms with E-state index in [-0.39, 0.29) is 5.91 Å². The van der Waals surface area contributed by atoms with Gasteiger partial charge in [0.25, 0.3) is 0 Å². The molecule has 4 heteroatoms. The van der Waals surface area contributed by atoms with Crippen LogP contribution in [0.3, 0.4) is 0 Å². The number of para-hydroxylation sites is 1. The summed E-state index contributed by atoms with van der Waals surface area (Å²) in [7, 11) is 0. The highest BCUT2D eigenvalue weighted by Crippen LogP contribution is 2.23. The fraction of sp³-hybridized carbons (Fsp3) is 0.409. The first-order valence-electron chi connectivity index (χ1n) is 9.64. The lowest BCUT2D eigenvalue weighted by atomic mass is 10.00. The molecule has 1 amide bonds. The molecule has 2 aromatic carbocycles. The van der Waals surface area contributed by atoms with Crippen LogP contribution >= 0.6 is 0 Å². The van der Waals surface area contributed by atoms with Crippen LogP contribution in [0.15, 0.2) is 54.6 Å². The lowest BCUT2D eigenvalue weighted by Gasteiger charge is -2.28. The summed E-state index contributed by atoms with van der Waals surface area (Å²) >= 11 is 0. The normalized spacial score (nSPS) is 20.0. The minimum atomic E-state index is 0.155. The van der Waals surface area contributed by atoms with E-state index in [9.17, 15) is 4.79 Å². The van der Waals surface area contributed by atoms with Gasteiger partial charge in [-0.3, -0.25) is 9.69 Å². The second kappa shape index (κ2) is 7.92. The zero-order chi connectivity index (χ0) is 17.8. The third-order valence-electron chi connectivity index (χ3n) is 5.57. The van der Waals surface area contributed by atoms with Crippen molar-refractivity contribution in [1.82, 2.24) is 10.2 Å². The molecule has 4 nitrogen and oxygen atoms in total. The van der Waals surface area contributed by atoms with Gasteiger partial charge in [-0.1, -0.05) is 42.5 Å². The number of anilines is 1. The molecule has 1 atom stereocenters. The minimum Gasteiger partial charge on any atom is -0.371 e. The predicted molar refractivity (Wildman–Crippen MR) is 105 cm³/mol. The molecule has 2 aromatic rings. The van der Waals surface area contributed by atoms with Crippen LogP contribution < -0.4 is 10.2 Å². The van der Waals surface area contributed by atoms with Gasteiger partial charge in [0.15, 0.2) is 0 Å². The largest absolute Gasteiger partial charge is 0.371 e. The Morgan fingerprint density at radius 1 is 1.00 bits per heavy atom. The fourth-order valence-electron chi connectivity index (χ4n) is 4.08. The second-order valence-corrected chi connectivity index (χ2v) is 7.47. The van der Waals surface area contributed by atoms with Gasteiger partial charge < -0.3 is 10.2 Å². The van der Waals surface area contributed by atoms with Crippen LogP contribution in [0.1, 0.15) is 17.5 Å². The standard InChI is InChI=1S/C22H27N3O/c26-22(17-24-12-11-19-6-4-5-7-20(19)16-24)23-14-18-10-13-25(15-18)21-8-2-1-3-9-21/h1-9,18H,10-17H2,(H,23,26). The Hall–Kier alpha value is -2.33. The maximum Gasteiger partial charge on any atom is 0.234 e. The number of nitrogens with zero attached hydrogens (tertiary/aromatic N) is 2. The maximum atomic E-state index is 12.4. The Balaban J connectivity index is 1.22. The highest BCUT2D eigenvalue weighted by Gasteiger charge is 2.23. The topological polar surface area (TPSA) is 35.6 Å². The molecular formula is C22H27N3O. The van der Waals surface area contributed by atoms with Gasteiger partial charge in [-0.05, 0) is 42.0 Å². The van der Waals surface area contributed by atoms with Gasteiger partial charge in [-0.25, -0.2) is 0 Å². The van der Waals surface area contributed by atoms with Crippen molar-refractivity contribution in [2.24, 2.45) is 5.92 Å². The van der Waals surface area contributed by atoms with Crippen molar-refractivity contribution in [3.63, 3.8) is 0 Å². The molecule has 0 saturated carbocycles. The Kier molecular flexibility index (Phi) is 5.21. The van der Waals surface area contributed by atoms with Gasteiger partial charge >= 0.3 is 0 Å². The van der Waals surface area contributed by atoms with Crippen molar-refractivity contribution in [3.8, 4) is 0 Å². The number of hydrogen-bond acceptors (Lipinski definition) is 3. The average Bonchev–Trinajstić information content (AvgIpc) is 3.16. The molecule has 1 fully saturated rings. The van der Waals surface area contributed by atoms with Crippen molar-refractivity contribution in [3.05, 3.63) is 65.7 Å². The highest BCUT2D eigenvalue weighted by atomic mass is 16.2. The van der Waals surface area contributed by atoms with Crippen LogP contribution in [-0.2, 0) is 17.8 Å². The third kappa shape index (κ3) is 4.07. The lowest BCUT2D eigenvalue weighted by molar-refractivity contribution is -0.122. The molecule has 136 valence electrons. The maximum absolute atomic E-state index is 12.4. The number of benzene rings is 2. The van der Waals surface area contributed by atoms with Gasteiger partial charge in [0.1, 0.15) is 0 Å². The molecule has 0 bridgehead atoms. The summed E-state index contributed by atoms with van der Waals surface area (Å²) in [6.45, 7) is 5.25. The van der Waals surface area contributed by atoms with E-state index in [1.54, 1.807) is 0 Å². The summed E-state index contributed by atoms with van der Waals surface area (Å²) in [5, 5.41) is 3.16. The number of nitrogens with one attached hydrogen (secondary N) is 1. The summed E-state index contributed by atoms with van der Waals surface area (Å²) in [6, 6.07) is 19.1. The molecule has 2 aliphatic rings. The van der Waals surface area contributed by atoms with E-state index >= 15 is 0 Å². The van der Waals surface area contributed by atoms with Crippen LogP contribution in [-0.4, -0.2) is 43.5 Å². The predicted octanol–water partition coefficient (Wildman–Crippen LogP) is 2.69. The molecule has 2 heterocycles. The molecule has 0 radical (unpaired) electrons. The van der Waals surface area contributed by atoms with E-state index in [4.69, 9.17) is 0 Å². The molecule has 2 aliphatic heterocycles. The van der Waals surface area contributed by atoms with E-state index in [1.165, 1.54) is 16.8 Å². The van der Waals surface area contributed by atoms with Gasteiger partial charge in [0.05, 0.1) is 6.54 Å². The SMILES string of the molecule is O=C(CN1CCc2ccccc2C1)NCC1CCN(c2ccccc2)C1. The molecule has 1 N–H and O–H groups in total. The molecule has 0 aromatic heterocycles. The van der Waals surface area contributed by atoms with E-state index < -0.39 is 0 Å². The molecule has 0 spiro atoms. The summed E-state index contributed by atoms with van der Waals surface area (Å²) in [4.78, 5) is 17.0. The van der Waals surface area contributed by atoms with Gasteiger partial charge in [-0.2, -0.15) is 0 Å². The van der Waals surface area contributed by atoms with Crippen LogP contribution in [0.2, 0.25) is 0 Å². The van der Waals surface area contributed by atoms with Crippen LogP contribution in [0.5, 0.6) is 0 Å². The van der Waals surface area contributed by atoms with Crippen molar-refractivity contribution in [2.45, 2.75) is 19.4 Å².